The number of nitro benzene ring substituents is 1. The van der Waals surface area contributed by atoms with Crippen molar-refractivity contribution in [2.45, 2.75) is 6.54 Å². The van der Waals surface area contributed by atoms with Crippen LogP contribution < -0.4 is 4.80 Å². The quantitative estimate of drug-likeness (QED) is 0.411. The molecule has 0 aliphatic carbocycles. The second-order valence-electron chi connectivity index (χ2n) is 4.99. The SMILES string of the molecule is C#CCn1c(=NC(=O)c2cccc([N+](=O)[O-])c2)sc2cccc(F)c21. The van der Waals surface area contributed by atoms with Gasteiger partial charge in [-0.15, -0.1) is 6.42 Å². The lowest BCUT2D eigenvalue weighted by molar-refractivity contribution is -0.384. The highest BCUT2D eigenvalue weighted by Gasteiger charge is 2.14. The van der Waals surface area contributed by atoms with Crippen LogP contribution in [0.25, 0.3) is 10.2 Å². The fourth-order valence-corrected chi connectivity index (χ4v) is 3.36. The van der Waals surface area contributed by atoms with E-state index in [0.717, 1.165) is 17.4 Å². The van der Waals surface area contributed by atoms with Crippen LogP contribution >= 0.6 is 11.3 Å². The zero-order valence-corrected chi connectivity index (χ0v) is 13.5. The number of carbonyl (C=O) groups excluding carboxylic acids is 1. The molecular formula is C17H10FN3O3S. The molecule has 1 heterocycles. The van der Waals surface area contributed by atoms with Gasteiger partial charge in [-0.25, -0.2) is 4.39 Å². The molecule has 0 spiro atoms. The number of non-ortho nitro benzene ring substituents is 1. The molecule has 0 fully saturated rings. The fraction of sp³-hybridized carbons (Fsp3) is 0.0588. The summed E-state index contributed by atoms with van der Waals surface area (Å²) in [6.45, 7) is 0.0436. The van der Waals surface area contributed by atoms with Gasteiger partial charge in [0.15, 0.2) is 4.80 Å². The average molecular weight is 355 g/mol. The Balaban J connectivity index is 2.15. The number of fused-ring (bicyclic) bond motifs is 1. The van der Waals surface area contributed by atoms with Gasteiger partial charge in [0, 0.05) is 17.7 Å². The molecule has 0 atom stereocenters. The van der Waals surface area contributed by atoms with Gasteiger partial charge in [-0.3, -0.25) is 14.9 Å². The third-order valence-corrected chi connectivity index (χ3v) is 4.45. The average Bonchev–Trinajstić information content (AvgIpc) is 2.94. The van der Waals surface area contributed by atoms with Crippen molar-refractivity contribution in [3.8, 4) is 12.3 Å². The van der Waals surface area contributed by atoms with Gasteiger partial charge in [0.25, 0.3) is 11.6 Å². The van der Waals surface area contributed by atoms with Crippen molar-refractivity contribution >= 4 is 33.1 Å². The summed E-state index contributed by atoms with van der Waals surface area (Å²) in [5.41, 5.74) is 0.135. The molecule has 8 heteroatoms. The number of nitro groups is 1. The van der Waals surface area contributed by atoms with Crippen LogP contribution in [0.4, 0.5) is 10.1 Å². The first-order valence-electron chi connectivity index (χ1n) is 7.06. The molecule has 1 amide bonds. The van der Waals surface area contributed by atoms with Crippen LogP contribution in [0, 0.1) is 28.3 Å². The molecule has 3 aromatic rings. The molecule has 3 rings (SSSR count). The third kappa shape index (κ3) is 3.18. The number of carbonyl (C=O) groups is 1. The van der Waals surface area contributed by atoms with Gasteiger partial charge in [0.2, 0.25) is 0 Å². The van der Waals surface area contributed by atoms with Gasteiger partial charge >= 0.3 is 0 Å². The van der Waals surface area contributed by atoms with E-state index in [4.69, 9.17) is 6.42 Å². The van der Waals surface area contributed by atoms with E-state index >= 15 is 0 Å². The molecular weight excluding hydrogens is 345 g/mol. The lowest BCUT2D eigenvalue weighted by atomic mass is 10.2. The summed E-state index contributed by atoms with van der Waals surface area (Å²) in [5.74, 6) is 1.28. The zero-order chi connectivity index (χ0) is 18.0. The van der Waals surface area contributed by atoms with E-state index in [1.165, 1.54) is 28.8 Å². The first-order valence-corrected chi connectivity index (χ1v) is 7.87. The molecule has 0 saturated carbocycles. The lowest BCUT2D eigenvalue weighted by Crippen LogP contribution is -2.17. The molecule has 0 aliphatic rings. The summed E-state index contributed by atoms with van der Waals surface area (Å²) in [5, 5.41) is 10.8. The standard InChI is InChI=1S/C17H10FN3O3S/c1-2-9-20-15-13(18)7-4-8-14(15)25-17(20)19-16(22)11-5-3-6-12(10-11)21(23)24/h1,3-8,10H,9H2. The van der Waals surface area contributed by atoms with Crippen molar-refractivity contribution in [2.24, 2.45) is 4.99 Å². The predicted octanol–water partition coefficient (Wildman–Crippen LogP) is 3.12. The van der Waals surface area contributed by atoms with E-state index in [1.807, 2.05) is 0 Å². The Labute approximate surface area is 145 Å². The molecule has 0 unspecified atom stereocenters. The lowest BCUT2D eigenvalue weighted by Gasteiger charge is -2.00. The number of terminal acetylenes is 1. The summed E-state index contributed by atoms with van der Waals surface area (Å²) in [4.78, 5) is 26.8. The molecule has 2 aromatic carbocycles. The van der Waals surface area contributed by atoms with Gasteiger partial charge in [-0.1, -0.05) is 29.4 Å². The first-order chi connectivity index (χ1) is 12.0. The minimum atomic E-state index is -0.665. The molecule has 0 aliphatic heterocycles. The number of rotatable bonds is 3. The van der Waals surface area contributed by atoms with Crippen molar-refractivity contribution in [1.29, 1.82) is 0 Å². The summed E-state index contributed by atoms with van der Waals surface area (Å²) in [7, 11) is 0. The van der Waals surface area contributed by atoms with E-state index in [2.05, 4.69) is 10.9 Å². The van der Waals surface area contributed by atoms with Gasteiger partial charge < -0.3 is 4.57 Å². The highest BCUT2D eigenvalue weighted by Crippen LogP contribution is 2.20. The Bertz CT molecular complexity index is 1110. The van der Waals surface area contributed by atoms with Crippen molar-refractivity contribution in [2.75, 3.05) is 0 Å². The molecule has 6 nitrogen and oxygen atoms in total. The topological polar surface area (TPSA) is 77.5 Å². The monoisotopic (exact) mass is 355 g/mol. The van der Waals surface area contributed by atoms with Gasteiger partial charge in [-0.05, 0) is 18.2 Å². The van der Waals surface area contributed by atoms with E-state index < -0.39 is 16.6 Å². The Morgan fingerprint density at radius 2 is 2.12 bits per heavy atom. The number of hydrogen-bond donors (Lipinski definition) is 0. The van der Waals surface area contributed by atoms with E-state index in [1.54, 1.807) is 12.1 Å². The highest BCUT2D eigenvalue weighted by atomic mass is 32.1. The summed E-state index contributed by atoms with van der Waals surface area (Å²) < 4.78 is 16.1. The summed E-state index contributed by atoms with van der Waals surface area (Å²) in [6.07, 6.45) is 5.33. The van der Waals surface area contributed by atoms with Crippen molar-refractivity contribution < 1.29 is 14.1 Å². The van der Waals surface area contributed by atoms with Crippen molar-refractivity contribution in [3.05, 3.63) is 68.8 Å². The number of aromatic nitrogens is 1. The number of thiazole rings is 1. The molecule has 124 valence electrons. The fourth-order valence-electron chi connectivity index (χ4n) is 2.31. The normalized spacial score (nSPS) is 11.4. The van der Waals surface area contributed by atoms with E-state index in [9.17, 15) is 19.3 Å². The molecule has 0 saturated heterocycles. The van der Waals surface area contributed by atoms with E-state index in [-0.39, 0.29) is 28.1 Å². The zero-order valence-electron chi connectivity index (χ0n) is 12.7. The van der Waals surface area contributed by atoms with Crippen molar-refractivity contribution in [3.63, 3.8) is 0 Å². The number of halogens is 1. The maximum absolute atomic E-state index is 14.1. The maximum Gasteiger partial charge on any atom is 0.279 e. The Morgan fingerprint density at radius 3 is 2.84 bits per heavy atom. The number of amides is 1. The van der Waals surface area contributed by atoms with Crippen LogP contribution in [-0.2, 0) is 6.54 Å². The van der Waals surface area contributed by atoms with Crippen LogP contribution in [-0.4, -0.2) is 15.4 Å². The minimum absolute atomic E-state index is 0.0436. The van der Waals surface area contributed by atoms with Gasteiger partial charge in [0.05, 0.1) is 21.7 Å². The van der Waals surface area contributed by atoms with Gasteiger partial charge in [-0.2, -0.15) is 4.99 Å². The molecule has 1 aromatic heterocycles. The molecule has 0 radical (unpaired) electrons. The molecule has 25 heavy (non-hydrogen) atoms. The van der Waals surface area contributed by atoms with Crippen molar-refractivity contribution in [1.82, 2.24) is 4.57 Å². The summed E-state index contributed by atoms with van der Waals surface area (Å²) in [6, 6.07) is 9.82. The molecule has 0 bridgehead atoms. The maximum atomic E-state index is 14.1. The third-order valence-electron chi connectivity index (χ3n) is 3.40. The largest absolute Gasteiger partial charge is 0.302 e. The number of benzene rings is 2. The number of nitrogens with zero attached hydrogens (tertiary/aromatic N) is 3. The predicted molar refractivity (Wildman–Crippen MR) is 91.6 cm³/mol. The smallest absolute Gasteiger partial charge is 0.279 e. The first kappa shape index (κ1) is 16.5. The molecule has 0 N–H and O–H groups in total. The Morgan fingerprint density at radius 1 is 1.36 bits per heavy atom. The number of hydrogen-bond acceptors (Lipinski definition) is 4. The van der Waals surface area contributed by atoms with Crippen LogP contribution in [0.15, 0.2) is 47.5 Å². The van der Waals surface area contributed by atoms with E-state index in [0.29, 0.717) is 4.70 Å². The van der Waals surface area contributed by atoms with Crippen LogP contribution in [0.2, 0.25) is 0 Å². The Hall–Kier alpha value is -3.31. The number of para-hydroxylation sites is 1. The van der Waals surface area contributed by atoms with Crippen LogP contribution in [0.1, 0.15) is 10.4 Å². The Kier molecular flexibility index (Phi) is 4.41. The second kappa shape index (κ2) is 6.67. The van der Waals surface area contributed by atoms with Crippen LogP contribution in [0.5, 0.6) is 0 Å². The summed E-state index contributed by atoms with van der Waals surface area (Å²) >= 11 is 1.12. The minimum Gasteiger partial charge on any atom is -0.302 e. The van der Waals surface area contributed by atoms with Crippen LogP contribution in [0.3, 0.4) is 0 Å². The second-order valence-corrected chi connectivity index (χ2v) is 5.99. The highest BCUT2D eigenvalue weighted by molar-refractivity contribution is 7.16. The van der Waals surface area contributed by atoms with Gasteiger partial charge in [0.1, 0.15) is 5.82 Å².